The van der Waals surface area contributed by atoms with Crippen molar-refractivity contribution in [1.29, 1.82) is 0 Å². The molecule has 0 N–H and O–H groups in total. The summed E-state index contributed by atoms with van der Waals surface area (Å²) in [7, 11) is 0. The van der Waals surface area contributed by atoms with E-state index in [2.05, 4.69) is 17.9 Å². The molecule has 0 bridgehead atoms. The predicted octanol–water partition coefficient (Wildman–Crippen LogP) is 5.70. The fraction of sp³-hybridized carbons (Fsp3) is 0.739. The van der Waals surface area contributed by atoms with Crippen LogP contribution < -0.4 is 4.90 Å². The van der Waals surface area contributed by atoms with Crippen molar-refractivity contribution in [1.82, 2.24) is 9.88 Å². The van der Waals surface area contributed by atoms with E-state index in [0.717, 1.165) is 44.6 Å². The van der Waals surface area contributed by atoms with Gasteiger partial charge in [0.1, 0.15) is 11.4 Å². The molecule has 1 aliphatic heterocycles. The maximum absolute atomic E-state index is 13.1. The Morgan fingerprint density at radius 3 is 2.68 bits per heavy atom. The van der Waals surface area contributed by atoms with Crippen molar-refractivity contribution in [2.24, 2.45) is 0 Å². The van der Waals surface area contributed by atoms with E-state index in [-0.39, 0.29) is 12.1 Å². The Hall–Kier alpha value is -1.62. The minimum Gasteiger partial charge on any atom is -0.443 e. The molecule has 3 rings (SSSR count). The molecule has 2 heterocycles. The highest BCUT2D eigenvalue weighted by molar-refractivity contribution is 5.88. The van der Waals surface area contributed by atoms with Crippen LogP contribution in [0.4, 0.5) is 10.6 Å². The van der Waals surface area contributed by atoms with Crippen LogP contribution in [0.15, 0.2) is 18.3 Å². The Balaban J connectivity index is 1.92. The second kappa shape index (κ2) is 9.25. The van der Waals surface area contributed by atoms with Gasteiger partial charge in [0.2, 0.25) is 0 Å². The van der Waals surface area contributed by atoms with E-state index in [1.54, 1.807) is 0 Å². The number of pyridine rings is 1. The van der Waals surface area contributed by atoms with Gasteiger partial charge in [0, 0.05) is 23.8 Å². The number of hydrogen-bond acceptors (Lipinski definition) is 4. The first-order valence-corrected chi connectivity index (χ1v) is 11.1. The molecule has 2 fully saturated rings. The van der Waals surface area contributed by atoms with Crippen molar-refractivity contribution >= 4 is 11.9 Å². The molecule has 0 unspecified atom stereocenters. The third kappa shape index (κ3) is 5.05. The zero-order chi connectivity index (χ0) is 20.1. The topological polar surface area (TPSA) is 45.7 Å². The Morgan fingerprint density at radius 1 is 1.25 bits per heavy atom. The summed E-state index contributed by atoms with van der Waals surface area (Å²) in [5.74, 6) is 0.815. The molecule has 0 aromatic carbocycles. The van der Waals surface area contributed by atoms with Gasteiger partial charge >= 0.3 is 6.09 Å². The largest absolute Gasteiger partial charge is 0.443 e. The molecular weight excluding hydrogens is 350 g/mol. The molecule has 1 aromatic heterocycles. The van der Waals surface area contributed by atoms with Gasteiger partial charge < -0.3 is 4.74 Å². The first kappa shape index (κ1) is 21.1. The van der Waals surface area contributed by atoms with Crippen LogP contribution in [0, 0.1) is 0 Å². The Kier molecular flexibility index (Phi) is 6.97. The van der Waals surface area contributed by atoms with Gasteiger partial charge in [0.05, 0.1) is 0 Å². The second-order valence-corrected chi connectivity index (χ2v) is 9.25. The van der Waals surface area contributed by atoms with E-state index >= 15 is 0 Å². The number of likely N-dealkylation sites (tertiary alicyclic amines) is 1. The molecule has 0 radical (unpaired) electrons. The van der Waals surface area contributed by atoms with Crippen molar-refractivity contribution in [3.05, 3.63) is 23.9 Å². The molecule has 156 valence electrons. The molecule has 5 nitrogen and oxygen atoms in total. The average Bonchev–Trinajstić information content (AvgIpc) is 2.61. The third-order valence-electron chi connectivity index (χ3n) is 5.85. The number of amides is 1. The lowest BCUT2D eigenvalue weighted by Gasteiger charge is -2.41. The van der Waals surface area contributed by atoms with Gasteiger partial charge in [-0.25, -0.2) is 9.78 Å². The quantitative estimate of drug-likeness (QED) is 0.628. The van der Waals surface area contributed by atoms with Crippen molar-refractivity contribution in [2.45, 2.75) is 96.7 Å². The second-order valence-electron chi connectivity index (χ2n) is 9.25. The summed E-state index contributed by atoms with van der Waals surface area (Å²) in [6, 6.07) is 4.73. The standard InChI is InChI=1S/C23H37N3O2/c1-5-6-16-25-17-8-7-14-20(25)19-13-10-15-24-21(19)26(18-11-9-12-18)22(27)28-23(2,3)4/h10,13,15,18,20H,5-9,11-12,14,16-17H2,1-4H3/t20-/m1/s1. The number of rotatable bonds is 6. The highest BCUT2D eigenvalue weighted by Crippen LogP contribution is 2.39. The number of carbonyl (C=O) groups is 1. The van der Waals surface area contributed by atoms with E-state index < -0.39 is 5.60 Å². The van der Waals surface area contributed by atoms with Crippen molar-refractivity contribution in [3.8, 4) is 0 Å². The van der Waals surface area contributed by atoms with E-state index in [0.29, 0.717) is 6.04 Å². The first-order valence-electron chi connectivity index (χ1n) is 11.1. The van der Waals surface area contributed by atoms with Gasteiger partial charge in [0.25, 0.3) is 0 Å². The summed E-state index contributed by atoms with van der Waals surface area (Å²) in [6.45, 7) is 10.3. The maximum atomic E-state index is 13.1. The smallest absolute Gasteiger partial charge is 0.416 e. The summed E-state index contributed by atoms with van der Waals surface area (Å²) in [5.41, 5.74) is 0.683. The van der Waals surface area contributed by atoms with E-state index in [1.807, 2.05) is 37.9 Å². The van der Waals surface area contributed by atoms with E-state index in [1.165, 1.54) is 31.2 Å². The van der Waals surface area contributed by atoms with Crippen molar-refractivity contribution < 1.29 is 9.53 Å². The Morgan fingerprint density at radius 2 is 2.04 bits per heavy atom. The molecular formula is C23H37N3O2. The lowest BCUT2D eigenvalue weighted by molar-refractivity contribution is 0.0546. The van der Waals surface area contributed by atoms with Gasteiger partial charge in [-0.1, -0.05) is 25.8 Å². The minimum absolute atomic E-state index is 0.205. The minimum atomic E-state index is -0.508. The maximum Gasteiger partial charge on any atom is 0.416 e. The normalized spacial score (nSPS) is 21.2. The van der Waals surface area contributed by atoms with Gasteiger partial charge in [-0.05, 0) is 78.5 Å². The number of carbonyl (C=O) groups excluding carboxylic acids is 1. The number of unbranched alkanes of at least 4 members (excludes halogenated alkanes) is 1. The van der Waals surface area contributed by atoms with E-state index in [4.69, 9.17) is 9.72 Å². The van der Waals surface area contributed by atoms with Crippen LogP contribution in [-0.2, 0) is 4.74 Å². The number of aromatic nitrogens is 1. The SMILES string of the molecule is CCCCN1CCCC[C@@H]1c1cccnc1N(C(=O)OC(C)(C)C)C1CCC1. The molecule has 5 heteroatoms. The molecule has 0 spiro atoms. The lowest BCUT2D eigenvalue weighted by atomic mass is 9.90. The number of piperidine rings is 1. The summed E-state index contributed by atoms with van der Waals surface area (Å²) in [5, 5.41) is 0. The zero-order valence-corrected chi connectivity index (χ0v) is 18.1. The zero-order valence-electron chi connectivity index (χ0n) is 18.1. The molecule has 1 aliphatic carbocycles. The summed E-state index contributed by atoms with van der Waals surface area (Å²) >= 11 is 0. The van der Waals surface area contributed by atoms with Crippen LogP contribution in [0.1, 0.15) is 90.7 Å². The Labute approximate surface area is 170 Å². The van der Waals surface area contributed by atoms with Crippen LogP contribution >= 0.6 is 0 Å². The van der Waals surface area contributed by atoms with Crippen LogP contribution in [0.3, 0.4) is 0 Å². The molecule has 1 saturated carbocycles. The molecule has 1 aromatic rings. The average molecular weight is 388 g/mol. The van der Waals surface area contributed by atoms with Gasteiger partial charge in [-0.2, -0.15) is 0 Å². The van der Waals surface area contributed by atoms with Crippen LogP contribution in [0.5, 0.6) is 0 Å². The van der Waals surface area contributed by atoms with Gasteiger partial charge in [-0.15, -0.1) is 0 Å². The number of hydrogen-bond donors (Lipinski definition) is 0. The number of nitrogens with zero attached hydrogens (tertiary/aromatic N) is 3. The predicted molar refractivity (Wildman–Crippen MR) is 114 cm³/mol. The fourth-order valence-corrected chi connectivity index (χ4v) is 4.21. The molecule has 1 amide bonds. The lowest BCUT2D eigenvalue weighted by Crippen LogP contribution is -2.48. The van der Waals surface area contributed by atoms with Gasteiger partial charge in [-0.3, -0.25) is 9.80 Å². The highest BCUT2D eigenvalue weighted by Gasteiger charge is 2.37. The molecule has 2 aliphatic rings. The van der Waals surface area contributed by atoms with Crippen LogP contribution in [0.2, 0.25) is 0 Å². The van der Waals surface area contributed by atoms with Crippen molar-refractivity contribution in [2.75, 3.05) is 18.0 Å². The molecule has 1 saturated heterocycles. The summed E-state index contributed by atoms with van der Waals surface area (Å²) < 4.78 is 5.78. The van der Waals surface area contributed by atoms with Crippen LogP contribution in [0.25, 0.3) is 0 Å². The number of ether oxygens (including phenoxy) is 1. The van der Waals surface area contributed by atoms with E-state index in [9.17, 15) is 4.79 Å². The number of anilines is 1. The molecule has 1 atom stereocenters. The summed E-state index contributed by atoms with van der Waals surface area (Å²) in [4.78, 5) is 22.3. The summed E-state index contributed by atoms with van der Waals surface area (Å²) in [6.07, 6.45) is 10.8. The fourth-order valence-electron chi connectivity index (χ4n) is 4.21. The monoisotopic (exact) mass is 387 g/mol. The molecule has 28 heavy (non-hydrogen) atoms. The Bertz CT molecular complexity index is 651. The highest BCUT2D eigenvalue weighted by atomic mass is 16.6. The van der Waals surface area contributed by atoms with Crippen LogP contribution in [-0.4, -0.2) is 40.7 Å². The first-order chi connectivity index (χ1) is 13.4. The third-order valence-corrected chi connectivity index (χ3v) is 5.85. The van der Waals surface area contributed by atoms with Crippen molar-refractivity contribution in [3.63, 3.8) is 0 Å². The van der Waals surface area contributed by atoms with Gasteiger partial charge in [0.15, 0.2) is 0 Å².